The monoisotopic (exact) mass is 322 g/mol. The molecule has 0 fully saturated rings. The van der Waals surface area contributed by atoms with Gasteiger partial charge < -0.3 is 10.2 Å². The molecule has 124 valence electrons. The van der Waals surface area contributed by atoms with Gasteiger partial charge in [-0.2, -0.15) is 5.10 Å². The number of rotatable bonds is 7. The van der Waals surface area contributed by atoms with Crippen LogP contribution in [0.3, 0.4) is 0 Å². The van der Waals surface area contributed by atoms with Gasteiger partial charge in [0.2, 0.25) is 0 Å². The Hall–Kier alpha value is -2.28. The maximum Gasteiger partial charge on any atom is 0.255 e. The quantitative estimate of drug-likeness (QED) is 0.853. The number of carbonyl (C=O) groups is 1. The van der Waals surface area contributed by atoms with Crippen molar-refractivity contribution in [2.24, 2.45) is 0 Å². The Morgan fingerprint density at radius 3 is 2.65 bits per heavy atom. The Morgan fingerprint density at radius 2 is 2.00 bits per heavy atom. The van der Waals surface area contributed by atoms with Crippen LogP contribution >= 0.6 is 0 Å². The van der Waals surface area contributed by atoms with E-state index in [1.165, 1.54) is 12.3 Å². The van der Waals surface area contributed by atoms with Gasteiger partial charge in [0.15, 0.2) is 11.6 Å². The Morgan fingerprint density at radius 1 is 1.26 bits per heavy atom. The Labute approximate surface area is 133 Å². The molecule has 0 atom stereocenters. The second-order valence-corrected chi connectivity index (χ2v) is 5.10. The van der Waals surface area contributed by atoms with Crippen molar-refractivity contribution in [3.05, 3.63) is 47.8 Å². The van der Waals surface area contributed by atoms with Crippen molar-refractivity contribution in [2.45, 2.75) is 20.4 Å². The highest BCUT2D eigenvalue weighted by atomic mass is 19.2. The van der Waals surface area contributed by atoms with Crippen LogP contribution in [-0.4, -0.2) is 40.2 Å². The minimum atomic E-state index is -1.05. The van der Waals surface area contributed by atoms with E-state index < -0.39 is 17.5 Å². The second-order valence-electron chi connectivity index (χ2n) is 5.10. The van der Waals surface area contributed by atoms with Crippen LogP contribution in [0.4, 0.5) is 14.5 Å². The predicted molar refractivity (Wildman–Crippen MR) is 84.3 cm³/mol. The molecule has 0 saturated heterocycles. The molecule has 0 aliphatic carbocycles. The summed E-state index contributed by atoms with van der Waals surface area (Å²) in [6, 6.07) is 3.03. The lowest BCUT2D eigenvalue weighted by Crippen LogP contribution is -2.27. The summed E-state index contributed by atoms with van der Waals surface area (Å²) in [5.74, 6) is -2.54. The number of hydrogen-bond donors (Lipinski definition) is 1. The molecule has 1 heterocycles. The fourth-order valence-corrected chi connectivity index (χ4v) is 2.17. The topological polar surface area (TPSA) is 50.2 Å². The number of aromatic nitrogens is 2. The van der Waals surface area contributed by atoms with Crippen molar-refractivity contribution in [1.29, 1.82) is 0 Å². The number of benzene rings is 1. The number of likely N-dealkylation sites (N-methyl/N-ethyl adjacent to an activating group) is 1. The van der Waals surface area contributed by atoms with Crippen LogP contribution in [0.25, 0.3) is 0 Å². The summed E-state index contributed by atoms with van der Waals surface area (Å²) >= 11 is 0. The fraction of sp³-hybridized carbons (Fsp3) is 0.375. The molecule has 7 heteroatoms. The molecule has 0 aliphatic rings. The summed E-state index contributed by atoms with van der Waals surface area (Å²) in [4.78, 5) is 14.3. The van der Waals surface area contributed by atoms with Gasteiger partial charge in [0.1, 0.15) is 0 Å². The van der Waals surface area contributed by atoms with Gasteiger partial charge in [-0.25, -0.2) is 8.78 Å². The van der Waals surface area contributed by atoms with Crippen molar-refractivity contribution in [3.8, 4) is 0 Å². The van der Waals surface area contributed by atoms with E-state index in [0.717, 1.165) is 31.8 Å². The Kier molecular flexibility index (Phi) is 5.81. The molecule has 1 N–H and O–H groups in total. The van der Waals surface area contributed by atoms with E-state index in [1.54, 1.807) is 10.9 Å². The van der Waals surface area contributed by atoms with Crippen LogP contribution in [0.5, 0.6) is 0 Å². The van der Waals surface area contributed by atoms with Crippen LogP contribution in [0.1, 0.15) is 24.2 Å². The first-order valence-corrected chi connectivity index (χ1v) is 7.54. The molecule has 0 radical (unpaired) electrons. The predicted octanol–water partition coefficient (Wildman–Crippen LogP) is 2.76. The Bertz CT molecular complexity index is 668. The normalized spacial score (nSPS) is 11.0. The molecule has 0 spiro atoms. The Balaban J connectivity index is 1.95. The number of anilines is 1. The molecule has 1 amide bonds. The highest BCUT2D eigenvalue weighted by Crippen LogP contribution is 2.12. The van der Waals surface area contributed by atoms with Crippen LogP contribution < -0.4 is 5.32 Å². The first-order valence-electron chi connectivity index (χ1n) is 7.54. The summed E-state index contributed by atoms with van der Waals surface area (Å²) in [5.41, 5.74) is 0.569. The first-order chi connectivity index (χ1) is 11.0. The zero-order valence-corrected chi connectivity index (χ0v) is 13.2. The van der Waals surface area contributed by atoms with Crippen molar-refractivity contribution >= 4 is 11.6 Å². The molecule has 0 unspecified atom stereocenters. The third-order valence-corrected chi connectivity index (χ3v) is 3.61. The molecule has 23 heavy (non-hydrogen) atoms. The highest BCUT2D eigenvalue weighted by molar-refractivity contribution is 6.04. The third-order valence-electron chi connectivity index (χ3n) is 3.61. The molecule has 0 bridgehead atoms. The van der Waals surface area contributed by atoms with E-state index in [4.69, 9.17) is 0 Å². The zero-order valence-electron chi connectivity index (χ0n) is 13.2. The largest absolute Gasteiger partial charge is 0.319 e. The summed E-state index contributed by atoms with van der Waals surface area (Å²) in [6.45, 7) is 7.71. The number of hydrogen-bond acceptors (Lipinski definition) is 3. The van der Waals surface area contributed by atoms with Gasteiger partial charge in [-0.05, 0) is 31.3 Å². The van der Waals surface area contributed by atoms with Crippen LogP contribution in [0, 0.1) is 11.6 Å². The van der Waals surface area contributed by atoms with Gasteiger partial charge in [-0.3, -0.25) is 9.48 Å². The molecule has 5 nitrogen and oxygen atoms in total. The maximum atomic E-state index is 13.1. The minimum Gasteiger partial charge on any atom is -0.319 e. The standard InChI is InChI=1S/C16H20F2N4O/c1-3-21(4-2)7-8-22-11-13(10-19-22)20-16(23)12-5-6-14(17)15(18)9-12/h5-6,9-11H,3-4,7-8H2,1-2H3,(H,20,23). The fourth-order valence-electron chi connectivity index (χ4n) is 2.17. The summed E-state index contributed by atoms with van der Waals surface area (Å²) in [6.07, 6.45) is 3.24. The van der Waals surface area contributed by atoms with E-state index in [0.29, 0.717) is 12.2 Å². The van der Waals surface area contributed by atoms with E-state index in [9.17, 15) is 13.6 Å². The summed E-state index contributed by atoms with van der Waals surface area (Å²) in [5, 5.41) is 6.79. The van der Waals surface area contributed by atoms with Gasteiger partial charge in [-0.15, -0.1) is 0 Å². The van der Waals surface area contributed by atoms with Gasteiger partial charge in [0.05, 0.1) is 18.4 Å². The van der Waals surface area contributed by atoms with Gasteiger partial charge in [-0.1, -0.05) is 13.8 Å². The zero-order chi connectivity index (χ0) is 16.8. The van der Waals surface area contributed by atoms with E-state index in [1.807, 2.05) is 0 Å². The molecular formula is C16H20F2N4O. The van der Waals surface area contributed by atoms with Gasteiger partial charge in [0, 0.05) is 18.3 Å². The number of nitrogens with one attached hydrogen (secondary N) is 1. The molecule has 1 aromatic heterocycles. The molecular weight excluding hydrogens is 302 g/mol. The lowest BCUT2D eigenvalue weighted by molar-refractivity contribution is 0.102. The van der Waals surface area contributed by atoms with Gasteiger partial charge in [0.25, 0.3) is 5.91 Å². The summed E-state index contributed by atoms with van der Waals surface area (Å²) in [7, 11) is 0. The first kappa shape index (κ1) is 17.1. The van der Waals surface area contributed by atoms with E-state index in [2.05, 4.69) is 29.2 Å². The van der Waals surface area contributed by atoms with Crippen LogP contribution in [-0.2, 0) is 6.54 Å². The maximum absolute atomic E-state index is 13.1. The van der Waals surface area contributed by atoms with Crippen molar-refractivity contribution in [3.63, 3.8) is 0 Å². The SMILES string of the molecule is CCN(CC)CCn1cc(NC(=O)c2ccc(F)c(F)c2)cn1. The number of halogens is 2. The lowest BCUT2D eigenvalue weighted by atomic mass is 10.2. The smallest absolute Gasteiger partial charge is 0.255 e. The van der Waals surface area contributed by atoms with E-state index in [-0.39, 0.29) is 5.56 Å². The van der Waals surface area contributed by atoms with Crippen molar-refractivity contribution in [1.82, 2.24) is 14.7 Å². The van der Waals surface area contributed by atoms with Crippen molar-refractivity contribution in [2.75, 3.05) is 25.0 Å². The highest BCUT2D eigenvalue weighted by Gasteiger charge is 2.11. The number of amides is 1. The molecule has 0 saturated carbocycles. The molecule has 2 aromatic rings. The minimum absolute atomic E-state index is 0.0554. The van der Waals surface area contributed by atoms with Crippen LogP contribution in [0.2, 0.25) is 0 Å². The average Bonchev–Trinajstić information content (AvgIpc) is 2.98. The summed E-state index contributed by atoms with van der Waals surface area (Å²) < 4.78 is 27.8. The lowest BCUT2D eigenvalue weighted by Gasteiger charge is -2.17. The van der Waals surface area contributed by atoms with Crippen molar-refractivity contribution < 1.29 is 13.6 Å². The third kappa shape index (κ3) is 4.59. The molecule has 2 rings (SSSR count). The molecule has 0 aliphatic heterocycles. The second kappa shape index (κ2) is 7.82. The average molecular weight is 322 g/mol. The van der Waals surface area contributed by atoms with E-state index >= 15 is 0 Å². The number of carbonyl (C=O) groups excluding carboxylic acids is 1. The molecule has 1 aromatic carbocycles. The van der Waals surface area contributed by atoms with Gasteiger partial charge >= 0.3 is 0 Å². The number of nitrogens with zero attached hydrogens (tertiary/aromatic N) is 3. The van der Waals surface area contributed by atoms with Crippen LogP contribution in [0.15, 0.2) is 30.6 Å².